The molecule has 0 heterocycles. The van der Waals surface area contributed by atoms with Crippen LogP contribution >= 0.6 is 11.8 Å². The number of carbonyl (C=O) groups is 1. The van der Waals surface area contributed by atoms with Gasteiger partial charge in [-0.2, -0.15) is 11.8 Å². The van der Waals surface area contributed by atoms with Crippen LogP contribution in [0.4, 0.5) is 0 Å². The van der Waals surface area contributed by atoms with E-state index in [1.165, 1.54) is 0 Å². The summed E-state index contributed by atoms with van der Waals surface area (Å²) in [5.74, 6) is 0.511. The van der Waals surface area contributed by atoms with Crippen LogP contribution < -0.4 is 5.73 Å². The zero-order chi connectivity index (χ0) is 10.1. The summed E-state index contributed by atoms with van der Waals surface area (Å²) in [5, 5.41) is 8.46. The number of carboxylic acid groups (broad SMARTS) is 1. The fourth-order valence-electron chi connectivity index (χ4n) is 0.732. The first kappa shape index (κ1) is 12.7. The molecule has 0 amide bonds. The zero-order valence-electron chi connectivity index (χ0n) is 7.86. The molecule has 0 aliphatic rings. The average Bonchev–Trinajstić information content (AvgIpc) is 2.10. The van der Waals surface area contributed by atoms with Crippen molar-refractivity contribution in [2.75, 3.05) is 25.2 Å². The normalized spacial score (nSPS) is 12.8. The Hall–Kier alpha value is -0.260. The van der Waals surface area contributed by atoms with Gasteiger partial charge in [0.2, 0.25) is 0 Å². The Balaban J connectivity index is 3.11. The number of carboxylic acids is 1. The first-order valence-electron chi connectivity index (χ1n) is 4.23. The molecule has 0 bridgehead atoms. The molecule has 0 aliphatic carbocycles. The second-order valence-electron chi connectivity index (χ2n) is 2.72. The quantitative estimate of drug-likeness (QED) is 0.569. The highest BCUT2D eigenvalue weighted by atomic mass is 32.2. The number of hydrogen-bond donors (Lipinski definition) is 2. The van der Waals surface area contributed by atoms with Crippen LogP contribution in [-0.4, -0.2) is 42.3 Å². The van der Waals surface area contributed by atoms with E-state index in [0.29, 0.717) is 5.75 Å². The molecule has 0 saturated carbocycles. The van der Waals surface area contributed by atoms with E-state index in [1.807, 2.05) is 0 Å². The van der Waals surface area contributed by atoms with Gasteiger partial charge in [0.25, 0.3) is 0 Å². The second kappa shape index (κ2) is 8.34. The van der Waals surface area contributed by atoms with E-state index in [4.69, 9.17) is 15.6 Å². The van der Waals surface area contributed by atoms with E-state index in [2.05, 4.69) is 0 Å². The van der Waals surface area contributed by atoms with E-state index in [9.17, 15) is 4.79 Å². The number of hydrogen-bond acceptors (Lipinski definition) is 4. The lowest BCUT2D eigenvalue weighted by Crippen LogP contribution is -2.32. The molecule has 0 aliphatic heterocycles. The second-order valence-corrected chi connectivity index (χ2v) is 3.87. The van der Waals surface area contributed by atoms with E-state index in [1.54, 1.807) is 18.9 Å². The van der Waals surface area contributed by atoms with Crippen molar-refractivity contribution < 1.29 is 14.6 Å². The molecule has 0 fully saturated rings. The molecule has 0 spiro atoms. The van der Waals surface area contributed by atoms with E-state index in [-0.39, 0.29) is 0 Å². The van der Waals surface area contributed by atoms with Crippen LogP contribution in [0.3, 0.4) is 0 Å². The SMILES string of the molecule is COCCCCSCC(N)C(=O)O. The predicted molar refractivity (Wildman–Crippen MR) is 54.0 cm³/mol. The predicted octanol–water partition coefficient (Wildman–Crippen LogP) is 0.558. The molecule has 0 rings (SSSR count). The van der Waals surface area contributed by atoms with E-state index < -0.39 is 12.0 Å². The van der Waals surface area contributed by atoms with Gasteiger partial charge in [-0.25, -0.2) is 0 Å². The standard InChI is InChI=1S/C8H17NO3S/c1-12-4-2-3-5-13-6-7(9)8(10)11/h7H,2-6,9H2,1H3,(H,10,11). The number of rotatable bonds is 8. The van der Waals surface area contributed by atoms with Crippen molar-refractivity contribution in [1.82, 2.24) is 0 Å². The Labute approximate surface area is 82.8 Å². The summed E-state index contributed by atoms with van der Waals surface area (Å²) in [5.41, 5.74) is 5.31. The van der Waals surface area contributed by atoms with E-state index in [0.717, 1.165) is 25.2 Å². The summed E-state index contributed by atoms with van der Waals surface area (Å²) in [6.07, 6.45) is 2.07. The minimum atomic E-state index is -0.926. The van der Waals surface area contributed by atoms with Gasteiger partial charge in [-0.1, -0.05) is 0 Å². The molecule has 1 atom stereocenters. The zero-order valence-corrected chi connectivity index (χ0v) is 8.68. The maximum atomic E-state index is 10.3. The van der Waals surface area contributed by atoms with Crippen LogP contribution in [0.5, 0.6) is 0 Å². The fraction of sp³-hybridized carbons (Fsp3) is 0.875. The van der Waals surface area contributed by atoms with Crippen molar-refractivity contribution in [3.05, 3.63) is 0 Å². The first-order valence-corrected chi connectivity index (χ1v) is 5.39. The van der Waals surface area contributed by atoms with Crippen molar-refractivity contribution in [3.8, 4) is 0 Å². The number of ether oxygens (including phenoxy) is 1. The van der Waals surface area contributed by atoms with Crippen LogP contribution in [0.25, 0.3) is 0 Å². The summed E-state index contributed by atoms with van der Waals surface area (Å²) >= 11 is 1.58. The fourth-order valence-corrected chi connectivity index (χ4v) is 1.70. The molecule has 78 valence electrons. The van der Waals surface area contributed by atoms with Gasteiger partial charge in [-0.05, 0) is 18.6 Å². The van der Waals surface area contributed by atoms with Gasteiger partial charge in [-0.15, -0.1) is 0 Å². The minimum absolute atomic E-state index is 0.488. The third-order valence-electron chi connectivity index (χ3n) is 1.50. The first-order chi connectivity index (χ1) is 6.18. The maximum Gasteiger partial charge on any atom is 0.321 e. The molecule has 1 unspecified atom stereocenters. The highest BCUT2D eigenvalue weighted by Crippen LogP contribution is 2.05. The molecule has 4 nitrogen and oxygen atoms in total. The largest absolute Gasteiger partial charge is 0.480 e. The smallest absolute Gasteiger partial charge is 0.321 e. The van der Waals surface area contributed by atoms with Gasteiger partial charge in [0, 0.05) is 19.5 Å². The summed E-state index contributed by atoms with van der Waals surface area (Å²) in [6, 6.07) is -0.729. The molecule has 0 aromatic heterocycles. The summed E-state index contributed by atoms with van der Waals surface area (Å²) in [6.45, 7) is 0.769. The van der Waals surface area contributed by atoms with Crippen LogP contribution in [0, 0.1) is 0 Å². The van der Waals surface area contributed by atoms with Crippen LogP contribution in [0.1, 0.15) is 12.8 Å². The van der Waals surface area contributed by atoms with Crippen LogP contribution in [0.2, 0.25) is 0 Å². The van der Waals surface area contributed by atoms with Gasteiger partial charge in [-0.3, -0.25) is 4.79 Å². The molecule has 0 radical (unpaired) electrons. The number of thioether (sulfide) groups is 1. The summed E-state index contributed by atoms with van der Waals surface area (Å²) in [4.78, 5) is 10.3. The third kappa shape index (κ3) is 8.08. The monoisotopic (exact) mass is 207 g/mol. The van der Waals surface area contributed by atoms with Gasteiger partial charge in [0.15, 0.2) is 0 Å². The molecule has 0 saturated heterocycles. The minimum Gasteiger partial charge on any atom is -0.480 e. The van der Waals surface area contributed by atoms with Gasteiger partial charge in [0.05, 0.1) is 0 Å². The molecule has 0 aromatic carbocycles. The third-order valence-corrected chi connectivity index (χ3v) is 2.67. The number of unbranched alkanes of at least 4 members (excludes halogenated alkanes) is 1. The van der Waals surface area contributed by atoms with Crippen molar-refractivity contribution in [1.29, 1.82) is 0 Å². The van der Waals surface area contributed by atoms with Crippen LogP contribution in [-0.2, 0) is 9.53 Å². The molecule has 0 aromatic rings. The van der Waals surface area contributed by atoms with Crippen molar-refractivity contribution in [2.45, 2.75) is 18.9 Å². The summed E-state index contributed by atoms with van der Waals surface area (Å²) < 4.78 is 4.88. The number of methoxy groups -OCH3 is 1. The topological polar surface area (TPSA) is 72.5 Å². The number of aliphatic carboxylic acids is 1. The molecule has 5 heteroatoms. The lowest BCUT2D eigenvalue weighted by Gasteiger charge is -2.05. The van der Waals surface area contributed by atoms with Crippen LogP contribution in [0.15, 0.2) is 0 Å². The Morgan fingerprint density at radius 3 is 2.85 bits per heavy atom. The highest BCUT2D eigenvalue weighted by Gasteiger charge is 2.09. The van der Waals surface area contributed by atoms with Crippen molar-refractivity contribution >= 4 is 17.7 Å². The number of nitrogens with two attached hydrogens (primary N) is 1. The van der Waals surface area contributed by atoms with E-state index >= 15 is 0 Å². The van der Waals surface area contributed by atoms with Crippen molar-refractivity contribution in [2.24, 2.45) is 5.73 Å². The van der Waals surface area contributed by atoms with Gasteiger partial charge >= 0.3 is 5.97 Å². The lowest BCUT2D eigenvalue weighted by atomic mass is 10.4. The van der Waals surface area contributed by atoms with Gasteiger partial charge in [0.1, 0.15) is 6.04 Å². The Morgan fingerprint density at radius 1 is 1.62 bits per heavy atom. The lowest BCUT2D eigenvalue weighted by molar-refractivity contribution is -0.137. The Kier molecular flexibility index (Phi) is 8.18. The maximum absolute atomic E-state index is 10.3. The Bertz CT molecular complexity index is 143. The van der Waals surface area contributed by atoms with Gasteiger partial charge < -0.3 is 15.6 Å². The summed E-state index contributed by atoms with van der Waals surface area (Å²) in [7, 11) is 1.67. The molecular weight excluding hydrogens is 190 g/mol. The Morgan fingerprint density at radius 2 is 2.31 bits per heavy atom. The molecule has 3 N–H and O–H groups in total. The average molecular weight is 207 g/mol. The highest BCUT2D eigenvalue weighted by molar-refractivity contribution is 7.99. The molecule has 13 heavy (non-hydrogen) atoms. The molecular formula is C8H17NO3S. The van der Waals surface area contributed by atoms with Crippen molar-refractivity contribution in [3.63, 3.8) is 0 Å².